The number of esters is 1. The number of hydrogen-bond donors (Lipinski definition) is 0. The van der Waals surface area contributed by atoms with Gasteiger partial charge in [-0.3, -0.25) is 9.59 Å². The third kappa shape index (κ3) is 6.82. The Hall–Kier alpha value is -3.86. The predicted molar refractivity (Wildman–Crippen MR) is 135 cm³/mol. The van der Waals surface area contributed by atoms with Crippen LogP contribution in [0.25, 0.3) is 11.1 Å². The summed E-state index contributed by atoms with van der Waals surface area (Å²) in [5.74, 6) is -0.00458. The molecule has 0 saturated carbocycles. The summed E-state index contributed by atoms with van der Waals surface area (Å²) in [5.41, 5.74) is 5.99. The summed E-state index contributed by atoms with van der Waals surface area (Å²) < 4.78 is 10.6. The molecule has 5 nitrogen and oxygen atoms in total. The Bertz CT molecular complexity index is 1110. The summed E-state index contributed by atoms with van der Waals surface area (Å²) in [6.07, 6.45) is 0.903. The highest BCUT2D eigenvalue weighted by Gasteiger charge is 2.13. The van der Waals surface area contributed by atoms with Crippen LogP contribution in [0.4, 0.5) is 0 Å². The van der Waals surface area contributed by atoms with Gasteiger partial charge in [-0.2, -0.15) is 0 Å². The van der Waals surface area contributed by atoms with Crippen molar-refractivity contribution in [3.8, 4) is 5.75 Å². The molecule has 0 aromatic heterocycles. The van der Waals surface area contributed by atoms with E-state index < -0.39 is 5.97 Å². The van der Waals surface area contributed by atoms with Crippen LogP contribution >= 0.6 is 0 Å². The molecule has 0 fully saturated rings. The SMILES string of the molecule is CCC(=C(c1ccccc1)c1ccc(OCCN(C)C(=O)COC(C)=O)cc1)c1ccccc1. The Morgan fingerprint density at radius 2 is 1.35 bits per heavy atom. The standard InChI is InChI=1S/C29H31NO4/c1-4-27(23-11-7-5-8-12-23)29(24-13-9-6-10-14-24)25-15-17-26(18-16-25)33-20-19-30(3)28(32)21-34-22(2)31/h5-18H,4,19-21H2,1-3H3. The second kappa shape index (κ2) is 12.4. The topological polar surface area (TPSA) is 55.8 Å². The van der Waals surface area contributed by atoms with Crippen molar-refractivity contribution in [2.45, 2.75) is 20.3 Å². The Kier molecular flexibility index (Phi) is 9.04. The summed E-state index contributed by atoms with van der Waals surface area (Å²) in [4.78, 5) is 24.3. The van der Waals surface area contributed by atoms with Gasteiger partial charge >= 0.3 is 5.97 Å². The number of benzene rings is 3. The Labute approximate surface area is 201 Å². The molecule has 0 bridgehead atoms. The van der Waals surface area contributed by atoms with E-state index in [1.807, 2.05) is 24.3 Å². The summed E-state index contributed by atoms with van der Waals surface area (Å²) in [6, 6.07) is 29.0. The number of carbonyl (C=O) groups excluding carboxylic acids is 2. The summed E-state index contributed by atoms with van der Waals surface area (Å²) >= 11 is 0. The highest BCUT2D eigenvalue weighted by Crippen LogP contribution is 2.34. The molecule has 176 valence electrons. The van der Waals surface area contributed by atoms with Crippen LogP contribution in [0, 0.1) is 0 Å². The lowest BCUT2D eigenvalue weighted by atomic mass is 9.88. The third-order valence-electron chi connectivity index (χ3n) is 5.50. The minimum Gasteiger partial charge on any atom is -0.492 e. The summed E-state index contributed by atoms with van der Waals surface area (Å²) in [6.45, 7) is 3.94. The molecular formula is C29H31NO4. The number of allylic oxidation sites excluding steroid dienone is 1. The fourth-order valence-electron chi connectivity index (χ4n) is 3.70. The van der Waals surface area contributed by atoms with Gasteiger partial charge in [0.2, 0.25) is 0 Å². The van der Waals surface area contributed by atoms with Gasteiger partial charge in [0.15, 0.2) is 6.61 Å². The molecule has 0 N–H and O–H groups in total. The Balaban J connectivity index is 1.76. The first kappa shape index (κ1) is 24.8. The van der Waals surface area contributed by atoms with E-state index in [1.54, 1.807) is 7.05 Å². The lowest BCUT2D eigenvalue weighted by Gasteiger charge is -2.18. The number of nitrogens with zero attached hydrogens (tertiary/aromatic N) is 1. The molecule has 0 radical (unpaired) electrons. The van der Waals surface area contributed by atoms with E-state index in [0.717, 1.165) is 17.7 Å². The van der Waals surface area contributed by atoms with Gasteiger partial charge in [-0.15, -0.1) is 0 Å². The maximum absolute atomic E-state index is 11.9. The molecule has 0 saturated heterocycles. The van der Waals surface area contributed by atoms with E-state index >= 15 is 0 Å². The number of carbonyl (C=O) groups is 2. The minimum atomic E-state index is -0.472. The Morgan fingerprint density at radius 3 is 1.91 bits per heavy atom. The molecule has 0 aliphatic rings. The van der Waals surface area contributed by atoms with Gasteiger partial charge in [-0.1, -0.05) is 79.7 Å². The predicted octanol–water partition coefficient (Wildman–Crippen LogP) is 5.46. The maximum Gasteiger partial charge on any atom is 0.303 e. The van der Waals surface area contributed by atoms with Crippen molar-refractivity contribution in [3.63, 3.8) is 0 Å². The van der Waals surface area contributed by atoms with Crippen molar-refractivity contribution < 1.29 is 19.1 Å². The molecule has 3 rings (SSSR count). The average molecular weight is 458 g/mol. The summed E-state index contributed by atoms with van der Waals surface area (Å²) in [5, 5.41) is 0. The lowest BCUT2D eigenvalue weighted by Crippen LogP contribution is -2.34. The molecule has 0 aliphatic heterocycles. The fraction of sp³-hybridized carbons (Fsp3) is 0.241. The van der Waals surface area contributed by atoms with Gasteiger partial charge in [0.25, 0.3) is 5.91 Å². The first-order chi connectivity index (χ1) is 16.5. The van der Waals surface area contributed by atoms with Crippen molar-refractivity contribution in [2.75, 3.05) is 26.8 Å². The van der Waals surface area contributed by atoms with Crippen molar-refractivity contribution in [2.24, 2.45) is 0 Å². The van der Waals surface area contributed by atoms with E-state index in [4.69, 9.17) is 9.47 Å². The highest BCUT2D eigenvalue weighted by molar-refractivity contribution is 5.98. The third-order valence-corrected chi connectivity index (χ3v) is 5.50. The zero-order valence-corrected chi connectivity index (χ0v) is 20.0. The maximum atomic E-state index is 11.9. The first-order valence-electron chi connectivity index (χ1n) is 11.4. The Morgan fingerprint density at radius 1 is 0.794 bits per heavy atom. The number of hydrogen-bond acceptors (Lipinski definition) is 4. The minimum absolute atomic E-state index is 0.254. The number of amides is 1. The molecule has 0 spiro atoms. The zero-order chi connectivity index (χ0) is 24.3. The largest absolute Gasteiger partial charge is 0.492 e. The molecule has 34 heavy (non-hydrogen) atoms. The van der Waals surface area contributed by atoms with E-state index in [2.05, 4.69) is 67.6 Å². The zero-order valence-electron chi connectivity index (χ0n) is 20.0. The second-order valence-electron chi connectivity index (χ2n) is 7.91. The van der Waals surface area contributed by atoms with E-state index in [9.17, 15) is 9.59 Å². The quantitative estimate of drug-likeness (QED) is 0.300. The van der Waals surface area contributed by atoms with Crippen LogP contribution in [0.1, 0.15) is 37.0 Å². The highest BCUT2D eigenvalue weighted by atomic mass is 16.5. The van der Waals surface area contributed by atoms with Crippen LogP contribution in [0.3, 0.4) is 0 Å². The van der Waals surface area contributed by atoms with Gasteiger partial charge in [-0.25, -0.2) is 0 Å². The van der Waals surface area contributed by atoms with Crippen molar-refractivity contribution >= 4 is 23.0 Å². The molecule has 5 heteroatoms. The summed E-state index contributed by atoms with van der Waals surface area (Å²) in [7, 11) is 1.66. The second-order valence-corrected chi connectivity index (χ2v) is 7.91. The van der Waals surface area contributed by atoms with Crippen LogP contribution < -0.4 is 4.74 Å². The van der Waals surface area contributed by atoms with E-state index in [-0.39, 0.29) is 12.5 Å². The average Bonchev–Trinajstić information content (AvgIpc) is 2.87. The fourth-order valence-corrected chi connectivity index (χ4v) is 3.70. The molecule has 0 heterocycles. The van der Waals surface area contributed by atoms with Crippen molar-refractivity contribution in [3.05, 3.63) is 102 Å². The van der Waals surface area contributed by atoms with Crippen LogP contribution in [0.5, 0.6) is 5.75 Å². The van der Waals surface area contributed by atoms with Crippen LogP contribution in [-0.4, -0.2) is 43.6 Å². The monoisotopic (exact) mass is 457 g/mol. The molecular weight excluding hydrogens is 426 g/mol. The normalized spacial score (nSPS) is 11.4. The molecule has 0 aliphatic carbocycles. The molecule has 3 aromatic rings. The smallest absolute Gasteiger partial charge is 0.303 e. The van der Waals surface area contributed by atoms with Crippen molar-refractivity contribution in [1.82, 2.24) is 4.90 Å². The van der Waals surface area contributed by atoms with Crippen LogP contribution in [-0.2, 0) is 14.3 Å². The number of rotatable bonds is 10. The van der Waals surface area contributed by atoms with Gasteiger partial charge in [0, 0.05) is 14.0 Å². The lowest BCUT2D eigenvalue weighted by molar-refractivity contribution is -0.149. The van der Waals surface area contributed by atoms with Crippen LogP contribution in [0.15, 0.2) is 84.9 Å². The van der Waals surface area contributed by atoms with E-state index in [0.29, 0.717) is 13.2 Å². The first-order valence-corrected chi connectivity index (χ1v) is 11.4. The van der Waals surface area contributed by atoms with Crippen molar-refractivity contribution in [1.29, 1.82) is 0 Å². The number of likely N-dealkylation sites (N-methyl/N-ethyl adjacent to an activating group) is 1. The molecule has 3 aromatic carbocycles. The molecule has 1 amide bonds. The van der Waals surface area contributed by atoms with E-state index in [1.165, 1.54) is 34.1 Å². The van der Waals surface area contributed by atoms with Gasteiger partial charge in [-0.05, 0) is 46.4 Å². The van der Waals surface area contributed by atoms with Gasteiger partial charge in [0.1, 0.15) is 12.4 Å². The van der Waals surface area contributed by atoms with Crippen LogP contribution in [0.2, 0.25) is 0 Å². The molecule has 0 unspecified atom stereocenters. The van der Waals surface area contributed by atoms with Gasteiger partial charge in [0.05, 0.1) is 6.54 Å². The van der Waals surface area contributed by atoms with Gasteiger partial charge < -0.3 is 14.4 Å². The molecule has 0 atom stereocenters. The number of ether oxygens (including phenoxy) is 2.